The van der Waals surface area contributed by atoms with Crippen LogP contribution in [0.4, 0.5) is 0 Å². The Balaban J connectivity index is 2.08. The largest absolute Gasteiger partial charge is 0.490 e. The van der Waals surface area contributed by atoms with Crippen molar-refractivity contribution in [2.45, 2.75) is 58.1 Å². The van der Waals surface area contributed by atoms with Crippen molar-refractivity contribution in [3.05, 3.63) is 29.8 Å². The highest BCUT2D eigenvalue weighted by Gasteiger charge is 2.21. The second-order valence-corrected chi connectivity index (χ2v) is 5.56. The maximum absolute atomic E-state index is 6.20. The van der Waals surface area contributed by atoms with Gasteiger partial charge in [0.05, 0.1) is 6.10 Å². The number of rotatable bonds is 4. The van der Waals surface area contributed by atoms with Crippen LogP contribution in [0.5, 0.6) is 5.75 Å². The predicted octanol–water partition coefficient (Wildman–Crippen LogP) is 4.05. The summed E-state index contributed by atoms with van der Waals surface area (Å²) >= 11 is 0. The maximum Gasteiger partial charge on any atom is 0.124 e. The molecule has 2 rings (SSSR count). The summed E-state index contributed by atoms with van der Waals surface area (Å²) in [5.74, 6) is 1.78. The molecule has 2 unspecified atom stereocenters. The predicted molar refractivity (Wildman–Crippen MR) is 75.7 cm³/mol. The monoisotopic (exact) mass is 247 g/mol. The summed E-state index contributed by atoms with van der Waals surface area (Å²) in [7, 11) is 0. The Bertz CT molecular complexity index is 377. The van der Waals surface area contributed by atoms with E-state index in [0.717, 1.165) is 23.7 Å². The van der Waals surface area contributed by atoms with Gasteiger partial charge in [0.15, 0.2) is 0 Å². The highest BCUT2D eigenvalue weighted by atomic mass is 16.5. The van der Waals surface area contributed by atoms with Crippen molar-refractivity contribution in [1.29, 1.82) is 0 Å². The van der Waals surface area contributed by atoms with E-state index in [-0.39, 0.29) is 6.04 Å². The van der Waals surface area contributed by atoms with Gasteiger partial charge in [-0.3, -0.25) is 0 Å². The molecule has 1 aliphatic rings. The first-order valence-corrected chi connectivity index (χ1v) is 7.21. The molecule has 2 nitrogen and oxygen atoms in total. The quantitative estimate of drug-likeness (QED) is 0.871. The molecule has 2 N–H and O–H groups in total. The Morgan fingerprint density at radius 1 is 1.33 bits per heavy atom. The smallest absolute Gasteiger partial charge is 0.124 e. The van der Waals surface area contributed by atoms with Crippen LogP contribution in [0.1, 0.15) is 57.6 Å². The zero-order chi connectivity index (χ0) is 13.0. The van der Waals surface area contributed by atoms with E-state index in [9.17, 15) is 0 Å². The van der Waals surface area contributed by atoms with Crippen molar-refractivity contribution >= 4 is 0 Å². The molecule has 100 valence electrons. The summed E-state index contributed by atoms with van der Waals surface area (Å²) in [4.78, 5) is 0. The summed E-state index contributed by atoms with van der Waals surface area (Å²) in [6.07, 6.45) is 6.31. The molecule has 0 aliphatic heterocycles. The Hall–Kier alpha value is -1.02. The van der Waals surface area contributed by atoms with Gasteiger partial charge in [-0.05, 0) is 37.7 Å². The fraction of sp³-hybridized carbons (Fsp3) is 0.625. The van der Waals surface area contributed by atoms with Crippen molar-refractivity contribution in [3.63, 3.8) is 0 Å². The number of hydrogen-bond acceptors (Lipinski definition) is 2. The molecule has 1 fully saturated rings. The zero-order valence-electron chi connectivity index (χ0n) is 11.6. The summed E-state index contributed by atoms with van der Waals surface area (Å²) in [5.41, 5.74) is 7.30. The molecule has 1 aromatic carbocycles. The number of para-hydroxylation sites is 1. The van der Waals surface area contributed by atoms with Crippen LogP contribution in [-0.2, 0) is 0 Å². The van der Waals surface area contributed by atoms with Gasteiger partial charge in [-0.2, -0.15) is 0 Å². The third-order valence-corrected chi connectivity index (χ3v) is 3.94. The van der Waals surface area contributed by atoms with Crippen LogP contribution in [0.2, 0.25) is 0 Å². The van der Waals surface area contributed by atoms with Crippen LogP contribution in [0.3, 0.4) is 0 Å². The number of ether oxygens (including phenoxy) is 1. The molecule has 18 heavy (non-hydrogen) atoms. The van der Waals surface area contributed by atoms with Crippen LogP contribution in [-0.4, -0.2) is 6.10 Å². The lowest BCUT2D eigenvalue weighted by molar-refractivity contribution is 0.127. The standard InChI is InChI=1S/C16H25NO/c1-3-15(17)14-9-4-5-10-16(14)18-13-8-6-7-12(2)11-13/h4-5,9-10,12-13,15H,3,6-8,11,17H2,1-2H3/t12?,13?,15-/m1/s1. The van der Waals surface area contributed by atoms with Crippen LogP contribution in [0.25, 0.3) is 0 Å². The highest BCUT2D eigenvalue weighted by molar-refractivity contribution is 5.35. The van der Waals surface area contributed by atoms with E-state index in [0.29, 0.717) is 6.10 Å². The van der Waals surface area contributed by atoms with Gasteiger partial charge in [0.25, 0.3) is 0 Å². The normalized spacial score (nSPS) is 25.7. The maximum atomic E-state index is 6.20. The van der Waals surface area contributed by atoms with Gasteiger partial charge < -0.3 is 10.5 Å². The van der Waals surface area contributed by atoms with E-state index in [2.05, 4.69) is 26.0 Å². The summed E-state index contributed by atoms with van der Waals surface area (Å²) in [6.45, 7) is 4.43. The molecule has 1 saturated carbocycles. The lowest BCUT2D eigenvalue weighted by Gasteiger charge is -2.28. The Labute approximate surface area is 111 Å². The average Bonchev–Trinajstić information content (AvgIpc) is 2.38. The molecule has 0 bridgehead atoms. The third kappa shape index (κ3) is 3.26. The SMILES string of the molecule is CC[C@@H](N)c1ccccc1OC1CCCC(C)C1. The molecular formula is C16H25NO. The second-order valence-electron chi connectivity index (χ2n) is 5.56. The van der Waals surface area contributed by atoms with Gasteiger partial charge in [-0.25, -0.2) is 0 Å². The first-order chi connectivity index (χ1) is 8.70. The van der Waals surface area contributed by atoms with Crippen molar-refractivity contribution in [3.8, 4) is 5.75 Å². The second kappa shape index (κ2) is 6.24. The molecule has 2 heteroatoms. The fourth-order valence-electron chi connectivity index (χ4n) is 2.78. The molecule has 1 aliphatic carbocycles. The van der Waals surface area contributed by atoms with E-state index >= 15 is 0 Å². The fourth-order valence-corrected chi connectivity index (χ4v) is 2.78. The van der Waals surface area contributed by atoms with E-state index in [4.69, 9.17) is 10.5 Å². The summed E-state index contributed by atoms with van der Waals surface area (Å²) < 4.78 is 6.20. The van der Waals surface area contributed by atoms with E-state index < -0.39 is 0 Å². The van der Waals surface area contributed by atoms with Gasteiger partial charge in [-0.15, -0.1) is 0 Å². The van der Waals surface area contributed by atoms with Gasteiger partial charge >= 0.3 is 0 Å². The minimum absolute atomic E-state index is 0.0854. The summed E-state index contributed by atoms with van der Waals surface area (Å²) in [5, 5.41) is 0. The van der Waals surface area contributed by atoms with E-state index in [1.807, 2.05) is 12.1 Å². The van der Waals surface area contributed by atoms with Crippen molar-refractivity contribution in [2.75, 3.05) is 0 Å². The first-order valence-electron chi connectivity index (χ1n) is 7.21. The minimum atomic E-state index is 0.0854. The molecule has 1 aromatic rings. The van der Waals surface area contributed by atoms with Gasteiger partial charge in [0.1, 0.15) is 5.75 Å². The molecule has 0 amide bonds. The number of benzene rings is 1. The first kappa shape index (κ1) is 13.4. The molecule has 0 heterocycles. The van der Waals surface area contributed by atoms with Gasteiger partial charge in [0.2, 0.25) is 0 Å². The van der Waals surface area contributed by atoms with Crippen molar-refractivity contribution < 1.29 is 4.74 Å². The molecule has 3 atom stereocenters. The summed E-state index contributed by atoms with van der Waals surface area (Å²) in [6, 6.07) is 8.32. The Kier molecular flexibility index (Phi) is 4.65. The van der Waals surface area contributed by atoms with E-state index in [1.54, 1.807) is 0 Å². The topological polar surface area (TPSA) is 35.2 Å². The molecule has 0 saturated heterocycles. The van der Waals surface area contributed by atoms with Crippen molar-refractivity contribution in [2.24, 2.45) is 11.7 Å². The molecule has 0 spiro atoms. The molecule has 0 aromatic heterocycles. The van der Waals surface area contributed by atoms with Crippen molar-refractivity contribution in [1.82, 2.24) is 0 Å². The minimum Gasteiger partial charge on any atom is -0.490 e. The molecule has 0 radical (unpaired) electrons. The van der Waals surface area contributed by atoms with Gasteiger partial charge in [0, 0.05) is 11.6 Å². The lowest BCUT2D eigenvalue weighted by atomic mass is 9.88. The number of hydrogen-bond donors (Lipinski definition) is 1. The van der Waals surface area contributed by atoms with Crippen LogP contribution >= 0.6 is 0 Å². The highest BCUT2D eigenvalue weighted by Crippen LogP contribution is 2.31. The zero-order valence-corrected chi connectivity index (χ0v) is 11.6. The van der Waals surface area contributed by atoms with Crippen LogP contribution in [0, 0.1) is 5.92 Å². The number of nitrogens with two attached hydrogens (primary N) is 1. The van der Waals surface area contributed by atoms with Gasteiger partial charge in [-0.1, -0.05) is 38.5 Å². The molecular weight excluding hydrogens is 222 g/mol. The van der Waals surface area contributed by atoms with Crippen LogP contribution < -0.4 is 10.5 Å². The van der Waals surface area contributed by atoms with Crippen LogP contribution in [0.15, 0.2) is 24.3 Å². The van der Waals surface area contributed by atoms with E-state index in [1.165, 1.54) is 25.7 Å². The third-order valence-electron chi connectivity index (χ3n) is 3.94. The Morgan fingerprint density at radius 3 is 2.83 bits per heavy atom. The Morgan fingerprint density at radius 2 is 2.11 bits per heavy atom. The average molecular weight is 247 g/mol. The lowest BCUT2D eigenvalue weighted by Crippen LogP contribution is -2.25.